The van der Waals surface area contributed by atoms with Gasteiger partial charge < -0.3 is 30.3 Å². The maximum absolute atomic E-state index is 12.5. The average molecular weight is 412 g/mol. The Morgan fingerprint density at radius 3 is 2.37 bits per heavy atom. The molecule has 2 aromatic rings. The van der Waals surface area contributed by atoms with Crippen LogP contribution in [0.1, 0.15) is 13.3 Å². The van der Waals surface area contributed by atoms with E-state index in [9.17, 15) is 14.4 Å². The SMILES string of the molecule is COc1ccc(N2C[C@@H](NC(=O)Nc3cccc(NC(C)=O)c3)CC2=O)cc1OC. The standard InChI is InChI=1S/C21H24N4O5/c1-13(26)22-14-5-4-6-15(9-14)23-21(28)24-16-10-20(27)25(12-16)17-7-8-18(29-2)19(11-17)30-3/h4-9,11,16H,10,12H2,1-3H3,(H,22,26)(H2,23,24,28)/t16-/m0/s1. The second-order valence-electron chi connectivity index (χ2n) is 6.81. The van der Waals surface area contributed by atoms with Crippen LogP contribution in [0.15, 0.2) is 42.5 Å². The van der Waals surface area contributed by atoms with Crippen molar-refractivity contribution in [2.75, 3.05) is 36.3 Å². The van der Waals surface area contributed by atoms with Crippen LogP contribution in [0, 0.1) is 0 Å². The van der Waals surface area contributed by atoms with E-state index in [2.05, 4.69) is 16.0 Å². The van der Waals surface area contributed by atoms with E-state index in [0.29, 0.717) is 35.1 Å². The summed E-state index contributed by atoms with van der Waals surface area (Å²) in [6.45, 7) is 1.75. The lowest BCUT2D eigenvalue weighted by atomic mass is 10.2. The van der Waals surface area contributed by atoms with Crippen molar-refractivity contribution in [3.05, 3.63) is 42.5 Å². The number of rotatable bonds is 6. The second-order valence-corrected chi connectivity index (χ2v) is 6.81. The monoisotopic (exact) mass is 412 g/mol. The summed E-state index contributed by atoms with van der Waals surface area (Å²) < 4.78 is 10.5. The fourth-order valence-electron chi connectivity index (χ4n) is 3.28. The number of hydrogen-bond acceptors (Lipinski definition) is 5. The topological polar surface area (TPSA) is 109 Å². The molecule has 0 aromatic heterocycles. The number of hydrogen-bond donors (Lipinski definition) is 3. The number of methoxy groups -OCH3 is 2. The molecule has 0 spiro atoms. The van der Waals surface area contributed by atoms with Gasteiger partial charge in [-0.25, -0.2) is 4.79 Å². The van der Waals surface area contributed by atoms with Gasteiger partial charge in [0.15, 0.2) is 11.5 Å². The number of carbonyl (C=O) groups is 3. The Morgan fingerprint density at radius 1 is 1.00 bits per heavy atom. The lowest BCUT2D eigenvalue weighted by molar-refractivity contribution is -0.117. The first-order chi connectivity index (χ1) is 14.4. The molecular formula is C21H24N4O5. The van der Waals surface area contributed by atoms with E-state index in [1.807, 2.05) is 0 Å². The highest BCUT2D eigenvalue weighted by Gasteiger charge is 2.32. The van der Waals surface area contributed by atoms with Crippen LogP contribution in [-0.2, 0) is 9.59 Å². The Balaban J connectivity index is 1.62. The van der Waals surface area contributed by atoms with Gasteiger partial charge in [-0.2, -0.15) is 0 Å². The maximum Gasteiger partial charge on any atom is 0.319 e. The Hall–Kier alpha value is -3.75. The molecule has 1 saturated heterocycles. The number of carbonyl (C=O) groups excluding carboxylic acids is 3. The normalized spacial score (nSPS) is 15.5. The van der Waals surface area contributed by atoms with Crippen LogP contribution in [0.3, 0.4) is 0 Å². The van der Waals surface area contributed by atoms with Crippen LogP contribution in [0.4, 0.5) is 21.9 Å². The summed E-state index contributed by atoms with van der Waals surface area (Å²) in [7, 11) is 3.08. The van der Waals surface area contributed by atoms with Gasteiger partial charge in [-0.3, -0.25) is 9.59 Å². The largest absolute Gasteiger partial charge is 0.493 e. The summed E-state index contributed by atoms with van der Waals surface area (Å²) in [5.41, 5.74) is 1.78. The maximum atomic E-state index is 12.5. The van der Waals surface area contributed by atoms with E-state index in [4.69, 9.17) is 9.47 Å². The molecule has 0 aliphatic carbocycles. The van der Waals surface area contributed by atoms with E-state index in [0.717, 1.165) is 0 Å². The minimum atomic E-state index is -0.429. The first-order valence-corrected chi connectivity index (χ1v) is 9.37. The molecule has 1 heterocycles. The fourth-order valence-corrected chi connectivity index (χ4v) is 3.28. The minimum Gasteiger partial charge on any atom is -0.493 e. The molecule has 4 amide bonds. The van der Waals surface area contributed by atoms with Crippen molar-refractivity contribution in [2.45, 2.75) is 19.4 Å². The summed E-state index contributed by atoms with van der Waals surface area (Å²) >= 11 is 0. The molecule has 1 aliphatic rings. The average Bonchev–Trinajstić information content (AvgIpc) is 3.06. The first kappa shape index (κ1) is 21.0. The Kier molecular flexibility index (Phi) is 6.41. The predicted octanol–water partition coefficient (Wildman–Crippen LogP) is 2.59. The van der Waals surface area contributed by atoms with E-state index in [1.165, 1.54) is 14.0 Å². The molecule has 0 saturated carbocycles. The van der Waals surface area contributed by atoms with Crippen molar-refractivity contribution in [3.8, 4) is 11.5 Å². The number of nitrogens with one attached hydrogen (secondary N) is 3. The van der Waals surface area contributed by atoms with Gasteiger partial charge in [0.2, 0.25) is 11.8 Å². The molecular weight excluding hydrogens is 388 g/mol. The van der Waals surface area contributed by atoms with Gasteiger partial charge in [0.05, 0.1) is 20.3 Å². The van der Waals surface area contributed by atoms with Crippen molar-refractivity contribution >= 4 is 34.9 Å². The van der Waals surface area contributed by atoms with E-state index >= 15 is 0 Å². The third-order valence-corrected chi connectivity index (χ3v) is 4.58. The highest BCUT2D eigenvalue weighted by atomic mass is 16.5. The zero-order valence-electron chi connectivity index (χ0n) is 17.0. The number of nitrogens with zero attached hydrogens (tertiary/aromatic N) is 1. The summed E-state index contributed by atoms with van der Waals surface area (Å²) in [4.78, 5) is 37.6. The van der Waals surface area contributed by atoms with Crippen LogP contribution >= 0.6 is 0 Å². The molecule has 1 atom stereocenters. The zero-order chi connectivity index (χ0) is 21.7. The molecule has 158 valence electrons. The molecule has 30 heavy (non-hydrogen) atoms. The molecule has 1 aliphatic heterocycles. The zero-order valence-corrected chi connectivity index (χ0v) is 17.0. The molecule has 9 heteroatoms. The molecule has 2 aromatic carbocycles. The number of amides is 4. The minimum absolute atomic E-state index is 0.0971. The van der Waals surface area contributed by atoms with E-state index < -0.39 is 6.03 Å². The molecule has 3 rings (SSSR count). The highest BCUT2D eigenvalue weighted by molar-refractivity contribution is 5.98. The fraction of sp³-hybridized carbons (Fsp3) is 0.286. The number of urea groups is 1. The Morgan fingerprint density at radius 2 is 1.70 bits per heavy atom. The van der Waals surface area contributed by atoms with Gasteiger partial charge in [-0.15, -0.1) is 0 Å². The van der Waals surface area contributed by atoms with Gasteiger partial charge in [0.1, 0.15) is 0 Å². The highest BCUT2D eigenvalue weighted by Crippen LogP contribution is 2.33. The Labute approximate surface area is 174 Å². The number of ether oxygens (including phenoxy) is 2. The smallest absolute Gasteiger partial charge is 0.319 e. The molecule has 1 fully saturated rings. The number of anilines is 3. The lowest BCUT2D eigenvalue weighted by Gasteiger charge is -2.19. The van der Waals surface area contributed by atoms with Crippen molar-refractivity contribution in [2.24, 2.45) is 0 Å². The second kappa shape index (κ2) is 9.17. The van der Waals surface area contributed by atoms with Crippen LogP contribution in [-0.4, -0.2) is 44.7 Å². The molecule has 9 nitrogen and oxygen atoms in total. The molecule has 0 radical (unpaired) electrons. The van der Waals surface area contributed by atoms with Crippen LogP contribution in [0.25, 0.3) is 0 Å². The molecule has 0 unspecified atom stereocenters. The lowest BCUT2D eigenvalue weighted by Crippen LogP contribution is -2.39. The Bertz CT molecular complexity index is 962. The van der Waals surface area contributed by atoms with Crippen LogP contribution in [0.5, 0.6) is 11.5 Å². The van der Waals surface area contributed by atoms with Gasteiger partial charge in [0.25, 0.3) is 0 Å². The summed E-state index contributed by atoms with van der Waals surface area (Å²) in [6, 6.07) is 11.3. The van der Waals surface area contributed by atoms with Crippen molar-refractivity contribution in [1.82, 2.24) is 5.32 Å². The number of benzene rings is 2. The van der Waals surface area contributed by atoms with Gasteiger partial charge >= 0.3 is 6.03 Å². The third-order valence-electron chi connectivity index (χ3n) is 4.58. The van der Waals surface area contributed by atoms with Gasteiger partial charge in [0, 0.05) is 43.0 Å². The van der Waals surface area contributed by atoms with E-state index in [1.54, 1.807) is 54.5 Å². The first-order valence-electron chi connectivity index (χ1n) is 9.37. The van der Waals surface area contributed by atoms with Crippen LogP contribution < -0.4 is 30.3 Å². The summed E-state index contributed by atoms with van der Waals surface area (Å²) in [5, 5.41) is 8.19. The summed E-state index contributed by atoms with van der Waals surface area (Å²) in [6.07, 6.45) is 0.188. The summed E-state index contributed by atoms with van der Waals surface area (Å²) in [5.74, 6) is 0.802. The van der Waals surface area contributed by atoms with Gasteiger partial charge in [-0.05, 0) is 30.3 Å². The quantitative estimate of drug-likeness (QED) is 0.676. The van der Waals surface area contributed by atoms with Gasteiger partial charge in [-0.1, -0.05) is 6.07 Å². The molecule has 3 N–H and O–H groups in total. The third kappa shape index (κ3) is 4.99. The van der Waals surface area contributed by atoms with Crippen LogP contribution in [0.2, 0.25) is 0 Å². The van der Waals surface area contributed by atoms with Crippen molar-refractivity contribution in [3.63, 3.8) is 0 Å². The van der Waals surface area contributed by atoms with Crippen molar-refractivity contribution in [1.29, 1.82) is 0 Å². The molecule has 0 bridgehead atoms. The van der Waals surface area contributed by atoms with Crippen molar-refractivity contribution < 1.29 is 23.9 Å². The van der Waals surface area contributed by atoms with E-state index in [-0.39, 0.29) is 24.3 Å². The predicted molar refractivity (Wildman–Crippen MR) is 113 cm³/mol.